The van der Waals surface area contributed by atoms with Crippen LogP contribution in [0.25, 0.3) is 6.08 Å². The molecule has 1 saturated heterocycles. The van der Waals surface area contributed by atoms with Crippen molar-refractivity contribution in [1.82, 2.24) is 4.90 Å². The van der Waals surface area contributed by atoms with Gasteiger partial charge in [-0.25, -0.2) is 4.79 Å². The molecule has 1 N–H and O–H groups in total. The van der Waals surface area contributed by atoms with Crippen LogP contribution >= 0.6 is 27.7 Å². The molecular formula is C21H16BrNO7S. The van der Waals surface area contributed by atoms with Crippen LogP contribution in [0.4, 0.5) is 4.79 Å². The standard InChI is InChI=1S/C21H16BrNO7S/c1-29-17-8-12(2-7-16(17)30-11-19(25)26)9-18-20(27)23(21(28)31-18)10-15(24)13-3-5-14(22)6-4-13/h2-9H,10-11H2,1H3,(H,25,26)/b18-9+. The number of ketones is 1. The minimum Gasteiger partial charge on any atom is -0.493 e. The van der Waals surface area contributed by atoms with Gasteiger partial charge < -0.3 is 14.6 Å². The number of carboxylic acid groups (broad SMARTS) is 1. The number of imide groups is 1. The largest absolute Gasteiger partial charge is 0.493 e. The van der Waals surface area contributed by atoms with Crippen LogP contribution in [0.15, 0.2) is 51.8 Å². The fraction of sp³-hybridized carbons (Fsp3) is 0.143. The van der Waals surface area contributed by atoms with Gasteiger partial charge in [-0.05, 0) is 47.7 Å². The van der Waals surface area contributed by atoms with Crippen LogP contribution in [0.3, 0.4) is 0 Å². The second-order valence-corrected chi connectivity index (χ2v) is 8.20. The van der Waals surface area contributed by atoms with E-state index in [1.807, 2.05) is 0 Å². The number of amides is 2. The lowest BCUT2D eigenvalue weighted by molar-refractivity contribution is -0.139. The summed E-state index contributed by atoms with van der Waals surface area (Å²) in [5, 5.41) is 8.20. The molecule has 1 aliphatic rings. The number of hydrogen-bond donors (Lipinski definition) is 1. The summed E-state index contributed by atoms with van der Waals surface area (Å²) < 4.78 is 11.2. The third-order valence-electron chi connectivity index (χ3n) is 4.18. The minimum atomic E-state index is -1.13. The van der Waals surface area contributed by atoms with Crippen molar-refractivity contribution in [3.05, 3.63) is 63.0 Å². The molecule has 0 unspecified atom stereocenters. The number of halogens is 1. The Kier molecular flexibility index (Phi) is 7.13. The molecule has 1 heterocycles. The highest BCUT2D eigenvalue weighted by atomic mass is 79.9. The smallest absolute Gasteiger partial charge is 0.341 e. The van der Waals surface area contributed by atoms with Crippen LogP contribution in [0.5, 0.6) is 11.5 Å². The number of rotatable bonds is 8. The Bertz CT molecular complexity index is 1080. The van der Waals surface area contributed by atoms with Crippen molar-refractivity contribution in [2.45, 2.75) is 0 Å². The molecule has 3 rings (SSSR count). The molecule has 160 valence electrons. The van der Waals surface area contributed by atoms with E-state index in [0.29, 0.717) is 11.1 Å². The number of carboxylic acids is 1. The maximum Gasteiger partial charge on any atom is 0.341 e. The van der Waals surface area contributed by atoms with Gasteiger partial charge in [-0.2, -0.15) is 0 Å². The molecule has 0 atom stereocenters. The number of carbonyl (C=O) groups excluding carboxylic acids is 3. The Balaban J connectivity index is 1.75. The van der Waals surface area contributed by atoms with Gasteiger partial charge in [0.25, 0.3) is 11.1 Å². The van der Waals surface area contributed by atoms with E-state index in [4.69, 9.17) is 14.6 Å². The third-order valence-corrected chi connectivity index (χ3v) is 5.61. The molecule has 0 bridgehead atoms. The van der Waals surface area contributed by atoms with Crippen LogP contribution < -0.4 is 9.47 Å². The van der Waals surface area contributed by atoms with E-state index in [2.05, 4.69) is 15.9 Å². The lowest BCUT2D eigenvalue weighted by atomic mass is 10.1. The molecule has 0 saturated carbocycles. The summed E-state index contributed by atoms with van der Waals surface area (Å²) in [7, 11) is 1.40. The van der Waals surface area contributed by atoms with Gasteiger partial charge in [-0.15, -0.1) is 0 Å². The Hall–Kier alpha value is -3.11. The molecule has 2 aromatic carbocycles. The first-order valence-electron chi connectivity index (χ1n) is 8.85. The summed E-state index contributed by atoms with van der Waals surface area (Å²) in [5.41, 5.74) is 0.942. The summed E-state index contributed by atoms with van der Waals surface area (Å²) >= 11 is 4.02. The third kappa shape index (κ3) is 5.53. The van der Waals surface area contributed by atoms with E-state index >= 15 is 0 Å². The fourth-order valence-corrected chi connectivity index (χ4v) is 3.79. The van der Waals surface area contributed by atoms with E-state index in [1.54, 1.807) is 36.4 Å². The molecule has 31 heavy (non-hydrogen) atoms. The monoisotopic (exact) mass is 505 g/mol. The molecular weight excluding hydrogens is 490 g/mol. The van der Waals surface area contributed by atoms with Crippen LogP contribution in [-0.2, 0) is 9.59 Å². The lowest BCUT2D eigenvalue weighted by Gasteiger charge is -2.11. The molecule has 2 amide bonds. The normalized spacial score (nSPS) is 14.8. The van der Waals surface area contributed by atoms with Crippen molar-refractivity contribution in [3.63, 3.8) is 0 Å². The fourth-order valence-electron chi connectivity index (χ4n) is 2.69. The second-order valence-electron chi connectivity index (χ2n) is 6.29. The quantitative estimate of drug-likeness (QED) is 0.425. The maximum absolute atomic E-state index is 12.7. The Labute approximate surface area is 189 Å². The van der Waals surface area contributed by atoms with Crippen molar-refractivity contribution < 1.29 is 33.8 Å². The van der Waals surface area contributed by atoms with E-state index in [0.717, 1.165) is 21.1 Å². The predicted octanol–water partition coefficient (Wildman–Crippen LogP) is 3.84. The molecule has 2 aromatic rings. The van der Waals surface area contributed by atoms with Crippen LogP contribution in [0.2, 0.25) is 0 Å². The van der Waals surface area contributed by atoms with Gasteiger partial charge in [0.05, 0.1) is 18.6 Å². The van der Waals surface area contributed by atoms with E-state index in [9.17, 15) is 19.2 Å². The van der Waals surface area contributed by atoms with Crippen LogP contribution in [-0.4, -0.2) is 53.2 Å². The minimum absolute atomic E-state index is 0.162. The van der Waals surface area contributed by atoms with Crippen molar-refractivity contribution >= 4 is 56.7 Å². The van der Waals surface area contributed by atoms with E-state index in [1.165, 1.54) is 19.3 Å². The average molecular weight is 506 g/mol. The second kappa shape index (κ2) is 9.80. The number of hydrogen-bond acceptors (Lipinski definition) is 7. The molecule has 1 aliphatic heterocycles. The first kappa shape index (κ1) is 22.6. The first-order valence-corrected chi connectivity index (χ1v) is 10.5. The molecule has 0 aromatic heterocycles. The Morgan fingerprint density at radius 2 is 1.84 bits per heavy atom. The summed E-state index contributed by atoms with van der Waals surface area (Å²) in [6, 6.07) is 11.3. The topological polar surface area (TPSA) is 110 Å². The highest BCUT2D eigenvalue weighted by Crippen LogP contribution is 2.34. The van der Waals surface area contributed by atoms with E-state index < -0.39 is 23.7 Å². The summed E-state index contributed by atoms with van der Waals surface area (Å²) in [6.07, 6.45) is 1.50. The van der Waals surface area contributed by atoms with Gasteiger partial charge in [0.15, 0.2) is 23.9 Å². The zero-order valence-electron chi connectivity index (χ0n) is 16.2. The predicted molar refractivity (Wildman–Crippen MR) is 117 cm³/mol. The number of nitrogens with zero attached hydrogens (tertiary/aromatic N) is 1. The molecule has 0 radical (unpaired) electrons. The van der Waals surface area contributed by atoms with Gasteiger partial charge in [0.2, 0.25) is 0 Å². The van der Waals surface area contributed by atoms with Gasteiger partial charge in [0.1, 0.15) is 0 Å². The number of aliphatic carboxylic acids is 1. The van der Waals surface area contributed by atoms with Gasteiger partial charge in [0, 0.05) is 10.0 Å². The van der Waals surface area contributed by atoms with Crippen molar-refractivity contribution in [2.24, 2.45) is 0 Å². The molecule has 1 fully saturated rings. The zero-order valence-corrected chi connectivity index (χ0v) is 18.6. The van der Waals surface area contributed by atoms with Crippen molar-refractivity contribution in [3.8, 4) is 11.5 Å². The molecule has 8 nitrogen and oxygen atoms in total. The summed E-state index contributed by atoms with van der Waals surface area (Å²) in [6.45, 7) is -0.879. The number of carbonyl (C=O) groups is 4. The SMILES string of the molecule is COc1cc(/C=C2/SC(=O)N(CC(=O)c3ccc(Br)cc3)C2=O)ccc1OCC(=O)O. The molecule has 0 spiro atoms. The lowest BCUT2D eigenvalue weighted by Crippen LogP contribution is -2.33. The number of thioether (sulfide) groups is 1. The molecule has 0 aliphatic carbocycles. The van der Waals surface area contributed by atoms with Crippen molar-refractivity contribution in [1.29, 1.82) is 0 Å². The number of Topliss-reactive ketones (excluding diaryl/α,β-unsaturated/α-hetero) is 1. The number of methoxy groups -OCH3 is 1. The average Bonchev–Trinajstić information content (AvgIpc) is 3.00. The highest BCUT2D eigenvalue weighted by molar-refractivity contribution is 9.10. The zero-order chi connectivity index (χ0) is 22.5. The number of ether oxygens (including phenoxy) is 2. The number of benzene rings is 2. The van der Waals surface area contributed by atoms with Crippen molar-refractivity contribution in [2.75, 3.05) is 20.3 Å². The van der Waals surface area contributed by atoms with Gasteiger partial charge in [-0.1, -0.05) is 34.1 Å². The highest BCUT2D eigenvalue weighted by Gasteiger charge is 2.36. The van der Waals surface area contributed by atoms with Gasteiger partial charge in [-0.3, -0.25) is 19.3 Å². The summed E-state index contributed by atoms with van der Waals surface area (Å²) in [5.74, 6) is -1.53. The molecule has 10 heteroatoms. The summed E-state index contributed by atoms with van der Waals surface area (Å²) in [4.78, 5) is 49.1. The van der Waals surface area contributed by atoms with Gasteiger partial charge >= 0.3 is 5.97 Å². The maximum atomic E-state index is 12.7. The van der Waals surface area contributed by atoms with E-state index in [-0.39, 0.29) is 28.7 Å². The first-order chi connectivity index (χ1) is 14.8. The Morgan fingerprint density at radius 3 is 2.48 bits per heavy atom. The van der Waals surface area contributed by atoms with Crippen LogP contribution in [0.1, 0.15) is 15.9 Å². The Morgan fingerprint density at radius 1 is 1.13 bits per heavy atom. The van der Waals surface area contributed by atoms with Crippen LogP contribution in [0, 0.1) is 0 Å².